The standard InChI is InChI=1S/C8H16N2O3/c1-5(2)7(8(12)13)10-6(11)4-9-3/h5,7,9H,4H2,1-3H3,(H,10,11)(H,12,13)/t7-/m1/s1. The van der Waals surface area contributed by atoms with Crippen molar-refractivity contribution in [3.63, 3.8) is 0 Å². The minimum Gasteiger partial charge on any atom is -0.480 e. The summed E-state index contributed by atoms with van der Waals surface area (Å²) in [6.45, 7) is 3.63. The van der Waals surface area contributed by atoms with E-state index in [-0.39, 0.29) is 18.4 Å². The van der Waals surface area contributed by atoms with Gasteiger partial charge in [0, 0.05) is 0 Å². The molecular weight excluding hydrogens is 172 g/mol. The smallest absolute Gasteiger partial charge is 0.326 e. The van der Waals surface area contributed by atoms with E-state index in [4.69, 9.17) is 5.11 Å². The minimum atomic E-state index is -1.00. The van der Waals surface area contributed by atoms with Gasteiger partial charge < -0.3 is 15.7 Å². The van der Waals surface area contributed by atoms with Crippen LogP contribution >= 0.6 is 0 Å². The maximum absolute atomic E-state index is 11.0. The van der Waals surface area contributed by atoms with E-state index in [0.29, 0.717) is 0 Å². The summed E-state index contributed by atoms with van der Waals surface area (Å²) < 4.78 is 0. The SMILES string of the molecule is CNCC(=O)N[C@@H](C(=O)O)C(C)C. The predicted molar refractivity (Wildman–Crippen MR) is 48.3 cm³/mol. The van der Waals surface area contributed by atoms with E-state index in [9.17, 15) is 9.59 Å². The molecule has 1 atom stereocenters. The third-order valence-corrected chi connectivity index (χ3v) is 1.59. The van der Waals surface area contributed by atoms with Crippen LogP contribution in [-0.2, 0) is 9.59 Å². The van der Waals surface area contributed by atoms with Crippen LogP contribution in [0.5, 0.6) is 0 Å². The van der Waals surface area contributed by atoms with Crippen molar-refractivity contribution in [3.05, 3.63) is 0 Å². The quantitative estimate of drug-likeness (QED) is 0.540. The fraction of sp³-hybridized carbons (Fsp3) is 0.750. The topological polar surface area (TPSA) is 78.4 Å². The first kappa shape index (κ1) is 11.9. The van der Waals surface area contributed by atoms with Crippen LogP contribution in [-0.4, -0.2) is 36.6 Å². The number of carboxylic acid groups (broad SMARTS) is 1. The van der Waals surface area contributed by atoms with E-state index in [1.807, 2.05) is 0 Å². The molecule has 0 spiro atoms. The molecule has 3 N–H and O–H groups in total. The molecule has 0 unspecified atom stereocenters. The summed E-state index contributed by atoms with van der Waals surface area (Å²) in [5, 5.41) is 13.8. The average Bonchev–Trinajstić information content (AvgIpc) is 1.99. The van der Waals surface area contributed by atoms with Gasteiger partial charge in [0.05, 0.1) is 6.54 Å². The Labute approximate surface area is 77.5 Å². The molecule has 0 fully saturated rings. The number of amides is 1. The van der Waals surface area contributed by atoms with Gasteiger partial charge in [0.2, 0.25) is 5.91 Å². The summed E-state index contributed by atoms with van der Waals surface area (Å²) in [6.07, 6.45) is 0. The van der Waals surface area contributed by atoms with Crippen molar-refractivity contribution in [2.75, 3.05) is 13.6 Å². The Balaban J connectivity index is 4.10. The second kappa shape index (κ2) is 5.53. The first-order valence-electron chi connectivity index (χ1n) is 4.15. The molecule has 0 radical (unpaired) electrons. The molecule has 1 amide bonds. The summed E-state index contributed by atoms with van der Waals surface area (Å²) in [5.41, 5.74) is 0. The number of carbonyl (C=O) groups is 2. The summed E-state index contributed by atoms with van der Waals surface area (Å²) in [6, 6.07) is -0.805. The van der Waals surface area contributed by atoms with Gasteiger partial charge in [-0.1, -0.05) is 13.8 Å². The number of nitrogens with one attached hydrogen (secondary N) is 2. The lowest BCUT2D eigenvalue weighted by atomic mass is 10.1. The number of aliphatic carboxylic acids is 1. The van der Waals surface area contributed by atoms with Crippen LogP contribution in [0.1, 0.15) is 13.8 Å². The summed E-state index contributed by atoms with van der Waals surface area (Å²) in [5.74, 6) is -1.42. The third kappa shape index (κ3) is 4.47. The van der Waals surface area contributed by atoms with Crippen molar-refractivity contribution in [2.45, 2.75) is 19.9 Å². The van der Waals surface area contributed by atoms with Gasteiger partial charge in [-0.25, -0.2) is 4.79 Å². The number of carbonyl (C=O) groups excluding carboxylic acids is 1. The molecule has 13 heavy (non-hydrogen) atoms. The number of hydrogen-bond acceptors (Lipinski definition) is 3. The maximum Gasteiger partial charge on any atom is 0.326 e. The Morgan fingerprint density at radius 1 is 1.38 bits per heavy atom. The van der Waals surface area contributed by atoms with Gasteiger partial charge in [-0.3, -0.25) is 4.79 Å². The van der Waals surface area contributed by atoms with Crippen LogP contribution in [0.3, 0.4) is 0 Å². The van der Waals surface area contributed by atoms with Gasteiger partial charge in [-0.2, -0.15) is 0 Å². The van der Waals surface area contributed by atoms with Gasteiger partial charge >= 0.3 is 5.97 Å². The van der Waals surface area contributed by atoms with Crippen molar-refractivity contribution < 1.29 is 14.7 Å². The second-order valence-electron chi connectivity index (χ2n) is 3.16. The van der Waals surface area contributed by atoms with Crippen molar-refractivity contribution in [2.24, 2.45) is 5.92 Å². The highest BCUT2D eigenvalue weighted by molar-refractivity contribution is 5.84. The van der Waals surface area contributed by atoms with Crippen molar-refractivity contribution in [3.8, 4) is 0 Å². The normalized spacial score (nSPS) is 12.6. The molecule has 0 rings (SSSR count). The van der Waals surface area contributed by atoms with Crippen LogP contribution in [0.4, 0.5) is 0 Å². The van der Waals surface area contributed by atoms with Crippen molar-refractivity contribution >= 4 is 11.9 Å². The zero-order valence-corrected chi connectivity index (χ0v) is 8.13. The Morgan fingerprint density at radius 3 is 2.23 bits per heavy atom. The molecule has 0 heterocycles. The molecule has 0 aromatic rings. The molecule has 0 saturated carbocycles. The minimum absolute atomic E-state index is 0.113. The summed E-state index contributed by atoms with van der Waals surface area (Å²) in [7, 11) is 1.63. The summed E-state index contributed by atoms with van der Waals surface area (Å²) >= 11 is 0. The molecule has 0 bridgehead atoms. The van der Waals surface area contributed by atoms with Crippen LogP contribution in [0, 0.1) is 5.92 Å². The van der Waals surface area contributed by atoms with Gasteiger partial charge in [0.15, 0.2) is 0 Å². The number of likely N-dealkylation sites (N-methyl/N-ethyl adjacent to an activating group) is 1. The monoisotopic (exact) mass is 188 g/mol. The Morgan fingerprint density at radius 2 is 1.92 bits per heavy atom. The predicted octanol–water partition coefficient (Wildman–Crippen LogP) is -0.569. The highest BCUT2D eigenvalue weighted by atomic mass is 16.4. The van der Waals surface area contributed by atoms with Crippen molar-refractivity contribution in [1.29, 1.82) is 0 Å². The molecule has 0 saturated heterocycles. The van der Waals surface area contributed by atoms with Gasteiger partial charge in [-0.05, 0) is 13.0 Å². The Kier molecular flexibility index (Phi) is 5.06. The molecule has 5 nitrogen and oxygen atoms in total. The van der Waals surface area contributed by atoms with E-state index in [2.05, 4.69) is 10.6 Å². The van der Waals surface area contributed by atoms with E-state index >= 15 is 0 Å². The Bertz CT molecular complexity index is 192. The van der Waals surface area contributed by atoms with Gasteiger partial charge in [0.1, 0.15) is 6.04 Å². The molecule has 76 valence electrons. The fourth-order valence-corrected chi connectivity index (χ4v) is 0.899. The van der Waals surface area contributed by atoms with Crippen molar-refractivity contribution in [1.82, 2.24) is 10.6 Å². The average molecular weight is 188 g/mol. The van der Waals surface area contributed by atoms with Crippen LogP contribution in [0.15, 0.2) is 0 Å². The van der Waals surface area contributed by atoms with Gasteiger partial charge in [-0.15, -0.1) is 0 Å². The number of carboxylic acids is 1. The molecular formula is C8H16N2O3. The van der Waals surface area contributed by atoms with Crippen LogP contribution in [0.2, 0.25) is 0 Å². The van der Waals surface area contributed by atoms with E-state index in [1.54, 1.807) is 20.9 Å². The second-order valence-corrected chi connectivity index (χ2v) is 3.16. The van der Waals surface area contributed by atoms with Crippen LogP contribution in [0.25, 0.3) is 0 Å². The lowest BCUT2D eigenvalue weighted by Gasteiger charge is -2.17. The molecule has 0 aliphatic rings. The highest BCUT2D eigenvalue weighted by Gasteiger charge is 2.22. The fourth-order valence-electron chi connectivity index (χ4n) is 0.899. The van der Waals surface area contributed by atoms with Crippen LogP contribution < -0.4 is 10.6 Å². The maximum atomic E-state index is 11.0. The molecule has 5 heteroatoms. The largest absolute Gasteiger partial charge is 0.480 e. The highest BCUT2D eigenvalue weighted by Crippen LogP contribution is 2.00. The van der Waals surface area contributed by atoms with E-state index in [0.717, 1.165) is 0 Å². The van der Waals surface area contributed by atoms with E-state index < -0.39 is 12.0 Å². The van der Waals surface area contributed by atoms with E-state index in [1.165, 1.54) is 0 Å². The lowest BCUT2D eigenvalue weighted by Crippen LogP contribution is -2.46. The molecule has 0 aliphatic heterocycles. The summed E-state index contributed by atoms with van der Waals surface area (Å²) in [4.78, 5) is 21.7. The first-order chi connectivity index (χ1) is 5.99. The number of hydrogen-bond donors (Lipinski definition) is 3. The first-order valence-corrected chi connectivity index (χ1v) is 4.15. The number of rotatable bonds is 5. The zero-order chi connectivity index (χ0) is 10.4. The Hall–Kier alpha value is -1.10. The molecule has 0 aromatic carbocycles. The third-order valence-electron chi connectivity index (χ3n) is 1.59. The molecule has 0 aliphatic carbocycles. The molecule has 0 aromatic heterocycles. The van der Waals surface area contributed by atoms with Gasteiger partial charge in [0.25, 0.3) is 0 Å². The lowest BCUT2D eigenvalue weighted by molar-refractivity contribution is -0.142. The zero-order valence-electron chi connectivity index (χ0n) is 8.13.